The minimum atomic E-state index is -0.588. The van der Waals surface area contributed by atoms with Gasteiger partial charge in [0.15, 0.2) is 0 Å². The van der Waals surface area contributed by atoms with E-state index in [1.54, 1.807) is 32.2 Å². The largest absolute Gasteiger partial charge is 0.355 e. The van der Waals surface area contributed by atoms with Gasteiger partial charge >= 0.3 is 6.03 Å². The van der Waals surface area contributed by atoms with E-state index in [1.165, 1.54) is 11.3 Å². The first-order valence-electron chi connectivity index (χ1n) is 7.58. The van der Waals surface area contributed by atoms with E-state index in [1.807, 2.05) is 26.2 Å². The third-order valence-corrected chi connectivity index (χ3v) is 4.92. The van der Waals surface area contributed by atoms with Gasteiger partial charge in [-0.1, -0.05) is 6.07 Å². The smallest absolute Gasteiger partial charge is 0.320 e. The molecule has 0 bridgehead atoms. The van der Waals surface area contributed by atoms with Crippen LogP contribution in [0, 0.1) is 13.8 Å². The van der Waals surface area contributed by atoms with Gasteiger partial charge in [0.25, 0.3) is 5.91 Å². The lowest BCUT2D eigenvalue weighted by atomic mass is 10.1. The van der Waals surface area contributed by atoms with Crippen LogP contribution in [0.1, 0.15) is 40.5 Å². The Bertz CT molecular complexity index is 768. The Morgan fingerprint density at radius 1 is 1.21 bits per heavy atom. The van der Waals surface area contributed by atoms with Gasteiger partial charge in [-0.3, -0.25) is 4.79 Å². The maximum Gasteiger partial charge on any atom is 0.320 e. The summed E-state index contributed by atoms with van der Waals surface area (Å²) in [5.74, 6) is -0.185. The number of urea groups is 1. The molecule has 0 unspecified atom stereocenters. The topological polar surface area (TPSA) is 83.1 Å². The minimum absolute atomic E-state index is 0.185. The van der Waals surface area contributed by atoms with Crippen LogP contribution in [0.2, 0.25) is 0 Å². The average Bonchev–Trinajstić information content (AvgIpc) is 2.95. The zero-order chi connectivity index (χ0) is 17.9. The maximum absolute atomic E-state index is 12.4. The molecule has 0 aliphatic carbocycles. The molecule has 6 nitrogen and oxygen atoms in total. The van der Waals surface area contributed by atoms with Crippen molar-refractivity contribution in [2.24, 2.45) is 0 Å². The molecule has 128 valence electrons. The van der Waals surface area contributed by atoms with Crippen molar-refractivity contribution in [3.63, 3.8) is 0 Å². The van der Waals surface area contributed by atoms with Crippen molar-refractivity contribution < 1.29 is 9.59 Å². The van der Waals surface area contributed by atoms with Gasteiger partial charge < -0.3 is 16.0 Å². The fourth-order valence-electron chi connectivity index (χ4n) is 2.28. The number of carbonyl (C=O) groups excluding carboxylic acids is 2. The molecule has 0 aliphatic rings. The van der Waals surface area contributed by atoms with Crippen LogP contribution in [0.4, 0.5) is 10.5 Å². The number of aromatic nitrogens is 1. The Morgan fingerprint density at radius 2 is 1.92 bits per heavy atom. The van der Waals surface area contributed by atoms with Crippen LogP contribution in [0.3, 0.4) is 0 Å². The predicted molar refractivity (Wildman–Crippen MR) is 96.6 cm³/mol. The van der Waals surface area contributed by atoms with Gasteiger partial charge in [-0.15, -0.1) is 11.3 Å². The molecule has 7 heteroatoms. The van der Waals surface area contributed by atoms with Crippen LogP contribution in [0.15, 0.2) is 23.6 Å². The Kier molecular flexibility index (Phi) is 5.23. The number of aryl methyl sites for hydroxylation is 1. The highest BCUT2D eigenvalue weighted by atomic mass is 32.1. The molecule has 3 amide bonds. The van der Waals surface area contributed by atoms with Crippen LogP contribution < -0.4 is 16.0 Å². The summed E-state index contributed by atoms with van der Waals surface area (Å²) >= 11 is 1.51. The van der Waals surface area contributed by atoms with Crippen molar-refractivity contribution in [3.8, 4) is 0 Å². The van der Waals surface area contributed by atoms with Crippen LogP contribution in [-0.2, 0) is 5.54 Å². The zero-order valence-corrected chi connectivity index (χ0v) is 15.3. The monoisotopic (exact) mass is 346 g/mol. The van der Waals surface area contributed by atoms with Gasteiger partial charge in [0.2, 0.25) is 0 Å². The van der Waals surface area contributed by atoms with E-state index in [-0.39, 0.29) is 11.9 Å². The first kappa shape index (κ1) is 17.9. The maximum atomic E-state index is 12.4. The van der Waals surface area contributed by atoms with E-state index < -0.39 is 5.54 Å². The third kappa shape index (κ3) is 3.91. The molecule has 1 aromatic carbocycles. The van der Waals surface area contributed by atoms with Gasteiger partial charge in [-0.2, -0.15) is 0 Å². The first-order valence-corrected chi connectivity index (χ1v) is 8.46. The SMILES string of the molecule is CNC(=O)c1cccc(NC(=O)NC(C)(C)c2nc(C)cs2)c1C. The fraction of sp³-hybridized carbons (Fsp3) is 0.353. The summed E-state index contributed by atoms with van der Waals surface area (Å²) in [5.41, 5.74) is 2.19. The molecule has 0 aliphatic heterocycles. The Balaban J connectivity index is 2.14. The van der Waals surface area contributed by atoms with Crippen molar-refractivity contribution >= 4 is 29.0 Å². The van der Waals surface area contributed by atoms with Crippen molar-refractivity contribution in [3.05, 3.63) is 45.4 Å². The zero-order valence-electron chi connectivity index (χ0n) is 14.5. The molecule has 3 N–H and O–H groups in total. The normalized spacial score (nSPS) is 11.0. The van der Waals surface area contributed by atoms with E-state index in [2.05, 4.69) is 20.9 Å². The molecule has 1 aromatic heterocycles. The van der Waals surface area contributed by atoms with Crippen LogP contribution in [0.25, 0.3) is 0 Å². The highest BCUT2D eigenvalue weighted by Gasteiger charge is 2.26. The molecule has 2 aromatic rings. The number of thiazole rings is 1. The molecule has 0 saturated carbocycles. The number of nitrogens with one attached hydrogen (secondary N) is 3. The van der Waals surface area contributed by atoms with Crippen molar-refractivity contribution in [2.75, 3.05) is 12.4 Å². The quantitative estimate of drug-likeness (QED) is 0.795. The number of benzene rings is 1. The first-order chi connectivity index (χ1) is 11.2. The summed E-state index contributed by atoms with van der Waals surface area (Å²) in [6.45, 7) is 7.52. The van der Waals surface area contributed by atoms with Gasteiger partial charge in [0, 0.05) is 29.4 Å². The van der Waals surface area contributed by atoms with Crippen LogP contribution in [-0.4, -0.2) is 24.0 Å². The van der Waals surface area contributed by atoms with Gasteiger partial charge in [0.1, 0.15) is 5.01 Å². The van der Waals surface area contributed by atoms with Crippen LogP contribution in [0.5, 0.6) is 0 Å². The average molecular weight is 346 g/mol. The molecule has 24 heavy (non-hydrogen) atoms. The van der Waals surface area contributed by atoms with E-state index in [9.17, 15) is 9.59 Å². The van der Waals surface area contributed by atoms with E-state index in [0.717, 1.165) is 16.3 Å². The summed E-state index contributed by atoms with van der Waals surface area (Å²) in [5, 5.41) is 11.1. The molecule has 0 saturated heterocycles. The van der Waals surface area contributed by atoms with Crippen molar-refractivity contribution in [1.29, 1.82) is 0 Å². The van der Waals surface area contributed by atoms with Crippen molar-refractivity contribution in [2.45, 2.75) is 33.2 Å². The highest BCUT2D eigenvalue weighted by Crippen LogP contribution is 2.24. The number of anilines is 1. The Hall–Kier alpha value is -2.41. The third-order valence-electron chi connectivity index (χ3n) is 3.63. The highest BCUT2D eigenvalue weighted by molar-refractivity contribution is 7.09. The number of nitrogens with zero attached hydrogens (tertiary/aromatic N) is 1. The number of amides is 3. The lowest BCUT2D eigenvalue weighted by Gasteiger charge is -2.24. The molecular formula is C17H22N4O2S. The minimum Gasteiger partial charge on any atom is -0.355 e. The number of carbonyl (C=O) groups is 2. The van der Waals surface area contributed by atoms with E-state index in [4.69, 9.17) is 0 Å². The number of rotatable bonds is 4. The fourth-order valence-corrected chi connectivity index (χ4v) is 3.16. The van der Waals surface area contributed by atoms with Crippen LogP contribution >= 0.6 is 11.3 Å². The lowest BCUT2D eigenvalue weighted by Crippen LogP contribution is -2.43. The summed E-state index contributed by atoms with van der Waals surface area (Å²) < 4.78 is 0. The molecule has 0 fully saturated rings. The molecule has 2 rings (SSSR count). The molecular weight excluding hydrogens is 324 g/mol. The van der Waals surface area contributed by atoms with Gasteiger partial charge in [-0.25, -0.2) is 9.78 Å². The van der Waals surface area contributed by atoms with Crippen molar-refractivity contribution in [1.82, 2.24) is 15.6 Å². The number of hydrogen-bond acceptors (Lipinski definition) is 4. The second kappa shape index (κ2) is 7.00. The lowest BCUT2D eigenvalue weighted by molar-refractivity contribution is 0.0962. The predicted octanol–water partition coefficient (Wildman–Crippen LogP) is 3.18. The molecule has 0 spiro atoms. The summed E-state index contributed by atoms with van der Waals surface area (Å²) in [6.07, 6.45) is 0. The summed E-state index contributed by atoms with van der Waals surface area (Å²) in [7, 11) is 1.58. The molecule has 1 heterocycles. The summed E-state index contributed by atoms with van der Waals surface area (Å²) in [6, 6.07) is 4.88. The van der Waals surface area contributed by atoms with Gasteiger partial charge in [-0.05, 0) is 45.4 Å². The second-order valence-electron chi connectivity index (χ2n) is 6.06. The molecule has 0 atom stereocenters. The Morgan fingerprint density at radius 3 is 2.50 bits per heavy atom. The van der Waals surface area contributed by atoms with E-state index >= 15 is 0 Å². The number of hydrogen-bond donors (Lipinski definition) is 3. The molecule has 0 radical (unpaired) electrons. The van der Waals surface area contributed by atoms with Gasteiger partial charge in [0.05, 0.1) is 5.54 Å². The standard InChI is InChI=1S/C17H22N4O2S/c1-10-9-24-15(19-10)17(3,4)21-16(23)20-13-8-6-7-12(11(13)2)14(22)18-5/h6-9H,1-5H3,(H,18,22)(H2,20,21,23). The van der Waals surface area contributed by atoms with E-state index in [0.29, 0.717) is 11.3 Å². The Labute approximate surface area is 145 Å². The second-order valence-corrected chi connectivity index (χ2v) is 6.91. The summed E-state index contributed by atoms with van der Waals surface area (Å²) in [4.78, 5) is 28.6.